The average molecular weight is 393 g/mol. The van der Waals surface area contributed by atoms with Gasteiger partial charge in [-0.25, -0.2) is 0 Å². The van der Waals surface area contributed by atoms with E-state index in [2.05, 4.69) is 10.6 Å². The van der Waals surface area contributed by atoms with Gasteiger partial charge in [0.2, 0.25) is 0 Å². The number of aliphatic hydroxyl groups excluding tert-OH is 1. The molecule has 1 saturated carbocycles. The highest BCUT2D eigenvalue weighted by Gasteiger charge is 2.20. The summed E-state index contributed by atoms with van der Waals surface area (Å²) < 4.78 is 0. The summed E-state index contributed by atoms with van der Waals surface area (Å²) in [6.45, 7) is 0.290. The first-order valence-electron chi connectivity index (χ1n) is 9.02. The minimum absolute atomic E-state index is 0.116. The fraction of sp³-hybridized carbons (Fsp3) is 0.474. The van der Waals surface area contributed by atoms with Gasteiger partial charge < -0.3 is 15.7 Å². The lowest BCUT2D eigenvalue weighted by Crippen LogP contribution is -2.44. The summed E-state index contributed by atoms with van der Waals surface area (Å²) in [6, 6.07) is 7.66. The van der Waals surface area contributed by atoms with E-state index in [0.717, 1.165) is 40.3 Å². The maximum atomic E-state index is 12.1. The first-order valence-corrected chi connectivity index (χ1v) is 10.7. The van der Waals surface area contributed by atoms with E-state index in [1.165, 1.54) is 35.5 Å². The Bertz CT molecular complexity index is 719. The van der Waals surface area contributed by atoms with Crippen molar-refractivity contribution in [2.24, 2.45) is 0 Å². The Morgan fingerprint density at radius 3 is 2.54 bits per heavy atom. The molecule has 1 aliphatic carbocycles. The third-order valence-corrected chi connectivity index (χ3v) is 6.65. The molecule has 26 heavy (non-hydrogen) atoms. The Morgan fingerprint density at radius 2 is 1.85 bits per heavy atom. The molecule has 0 aromatic carbocycles. The SMILES string of the molecule is O=C(NCc1ccc(C(O)c2cccs2)s1)C(=O)NC1CCCCCC1. The van der Waals surface area contributed by atoms with Crippen LogP contribution in [-0.4, -0.2) is 23.0 Å². The van der Waals surface area contributed by atoms with Crippen molar-refractivity contribution in [2.75, 3.05) is 0 Å². The minimum Gasteiger partial charge on any atom is -0.382 e. The third-order valence-electron chi connectivity index (χ3n) is 4.58. The largest absolute Gasteiger partial charge is 0.382 e. The zero-order chi connectivity index (χ0) is 18.4. The molecule has 0 radical (unpaired) electrons. The quantitative estimate of drug-likeness (QED) is 0.539. The molecule has 0 aliphatic heterocycles. The zero-order valence-corrected chi connectivity index (χ0v) is 16.2. The first-order chi connectivity index (χ1) is 12.6. The number of hydrogen-bond acceptors (Lipinski definition) is 5. The second-order valence-electron chi connectivity index (χ2n) is 6.57. The van der Waals surface area contributed by atoms with Crippen LogP contribution in [0.25, 0.3) is 0 Å². The number of nitrogens with one attached hydrogen (secondary N) is 2. The van der Waals surface area contributed by atoms with Crippen LogP contribution in [0.2, 0.25) is 0 Å². The number of carbonyl (C=O) groups excluding carboxylic acids is 2. The van der Waals surface area contributed by atoms with Gasteiger partial charge >= 0.3 is 11.8 Å². The van der Waals surface area contributed by atoms with Crippen LogP contribution in [0, 0.1) is 0 Å². The highest BCUT2D eigenvalue weighted by Crippen LogP contribution is 2.30. The van der Waals surface area contributed by atoms with E-state index in [-0.39, 0.29) is 6.04 Å². The van der Waals surface area contributed by atoms with Crippen molar-refractivity contribution >= 4 is 34.5 Å². The zero-order valence-electron chi connectivity index (χ0n) is 14.6. The third kappa shape index (κ3) is 5.16. The number of rotatable bonds is 5. The lowest BCUT2D eigenvalue weighted by atomic mass is 10.1. The molecule has 1 fully saturated rings. The van der Waals surface area contributed by atoms with Gasteiger partial charge in [0.1, 0.15) is 6.10 Å². The normalized spacial score (nSPS) is 16.7. The maximum Gasteiger partial charge on any atom is 0.309 e. The van der Waals surface area contributed by atoms with Crippen LogP contribution in [0.1, 0.15) is 59.3 Å². The van der Waals surface area contributed by atoms with Crippen LogP contribution in [0.5, 0.6) is 0 Å². The molecule has 3 rings (SSSR count). The summed E-state index contributed by atoms with van der Waals surface area (Å²) in [6.07, 6.45) is 5.89. The Labute approximate surface area is 161 Å². The van der Waals surface area contributed by atoms with E-state index < -0.39 is 17.9 Å². The number of carbonyl (C=O) groups is 2. The van der Waals surface area contributed by atoms with Crippen LogP contribution in [-0.2, 0) is 16.1 Å². The van der Waals surface area contributed by atoms with E-state index in [4.69, 9.17) is 0 Å². The Balaban J connectivity index is 1.47. The summed E-state index contributed by atoms with van der Waals surface area (Å²) in [5.74, 6) is -1.14. The molecule has 2 aromatic heterocycles. The van der Waals surface area contributed by atoms with Gasteiger partial charge in [-0.2, -0.15) is 0 Å². The van der Waals surface area contributed by atoms with Gasteiger partial charge in [0, 0.05) is 20.7 Å². The van der Waals surface area contributed by atoms with Crippen molar-refractivity contribution < 1.29 is 14.7 Å². The minimum atomic E-state index is -0.636. The van der Waals surface area contributed by atoms with E-state index >= 15 is 0 Å². The predicted octanol–water partition coefficient (Wildman–Crippen LogP) is 3.35. The summed E-state index contributed by atoms with van der Waals surface area (Å²) in [5.41, 5.74) is 0. The predicted molar refractivity (Wildman–Crippen MR) is 104 cm³/mol. The molecule has 1 atom stereocenters. The van der Waals surface area contributed by atoms with Crippen molar-refractivity contribution in [3.63, 3.8) is 0 Å². The smallest absolute Gasteiger partial charge is 0.309 e. The van der Waals surface area contributed by atoms with Gasteiger partial charge in [-0.15, -0.1) is 22.7 Å². The van der Waals surface area contributed by atoms with Gasteiger partial charge in [-0.3, -0.25) is 9.59 Å². The standard InChI is InChI=1S/C19H24N2O3S2/c22-17(15-8-5-11-25-15)16-10-9-14(26-16)12-20-18(23)19(24)21-13-6-3-1-2-4-7-13/h5,8-11,13,17,22H,1-4,6-7,12H2,(H,20,23)(H,21,24). The highest BCUT2D eigenvalue weighted by molar-refractivity contribution is 7.12. The van der Waals surface area contributed by atoms with Crippen molar-refractivity contribution in [3.8, 4) is 0 Å². The van der Waals surface area contributed by atoms with Crippen LogP contribution in [0.15, 0.2) is 29.6 Å². The van der Waals surface area contributed by atoms with Crippen LogP contribution < -0.4 is 10.6 Å². The fourth-order valence-corrected chi connectivity index (χ4v) is 4.91. The van der Waals surface area contributed by atoms with Crippen molar-refractivity contribution in [1.29, 1.82) is 0 Å². The molecule has 0 bridgehead atoms. The first kappa shape index (κ1) is 19.1. The van der Waals surface area contributed by atoms with Crippen LogP contribution >= 0.6 is 22.7 Å². The molecule has 7 heteroatoms. The Hall–Kier alpha value is -1.70. The second kappa shape index (κ2) is 9.30. The summed E-state index contributed by atoms with van der Waals surface area (Å²) in [5, 5.41) is 17.8. The molecule has 0 saturated heterocycles. The fourth-order valence-electron chi connectivity index (χ4n) is 3.15. The lowest BCUT2D eigenvalue weighted by Gasteiger charge is -2.15. The summed E-state index contributed by atoms with van der Waals surface area (Å²) in [7, 11) is 0. The van der Waals surface area contributed by atoms with E-state index in [1.54, 1.807) is 0 Å². The topological polar surface area (TPSA) is 78.4 Å². The lowest BCUT2D eigenvalue weighted by molar-refractivity contribution is -0.139. The molecule has 3 N–H and O–H groups in total. The van der Waals surface area contributed by atoms with Gasteiger partial charge in [0.05, 0.1) is 6.54 Å². The summed E-state index contributed by atoms with van der Waals surface area (Å²) >= 11 is 2.95. The molecule has 2 amide bonds. The van der Waals surface area contributed by atoms with Gasteiger partial charge in [-0.05, 0) is 36.4 Å². The van der Waals surface area contributed by atoms with E-state index in [0.29, 0.717) is 6.54 Å². The van der Waals surface area contributed by atoms with Crippen molar-refractivity contribution in [2.45, 2.75) is 57.2 Å². The number of hydrogen-bond donors (Lipinski definition) is 3. The molecule has 1 unspecified atom stereocenters. The van der Waals surface area contributed by atoms with E-state index in [9.17, 15) is 14.7 Å². The summed E-state index contributed by atoms with van der Waals surface area (Å²) in [4.78, 5) is 26.7. The van der Waals surface area contributed by atoms with Crippen LogP contribution in [0.4, 0.5) is 0 Å². The number of thiophene rings is 2. The monoisotopic (exact) mass is 392 g/mol. The maximum absolute atomic E-state index is 12.1. The van der Waals surface area contributed by atoms with E-state index in [1.807, 2.05) is 29.6 Å². The number of amides is 2. The molecular formula is C19H24N2O3S2. The molecule has 0 spiro atoms. The van der Waals surface area contributed by atoms with Gasteiger partial charge in [0.25, 0.3) is 0 Å². The molecule has 140 valence electrons. The second-order valence-corrected chi connectivity index (χ2v) is 8.75. The van der Waals surface area contributed by atoms with Crippen LogP contribution in [0.3, 0.4) is 0 Å². The highest BCUT2D eigenvalue weighted by atomic mass is 32.1. The Morgan fingerprint density at radius 1 is 1.08 bits per heavy atom. The Kier molecular flexibility index (Phi) is 6.82. The molecule has 2 aromatic rings. The molecule has 1 aliphatic rings. The van der Waals surface area contributed by atoms with Crippen molar-refractivity contribution in [3.05, 3.63) is 44.3 Å². The molecule has 5 nitrogen and oxygen atoms in total. The molecule has 2 heterocycles. The van der Waals surface area contributed by atoms with Crippen molar-refractivity contribution in [1.82, 2.24) is 10.6 Å². The average Bonchev–Trinajstić information content (AvgIpc) is 3.28. The number of aliphatic hydroxyl groups is 1. The molecular weight excluding hydrogens is 368 g/mol. The van der Waals surface area contributed by atoms with Gasteiger partial charge in [-0.1, -0.05) is 31.7 Å². The van der Waals surface area contributed by atoms with Gasteiger partial charge in [0.15, 0.2) is 0 Å².